The first-order valence-corrected chi connectivity index (χ1v) is 13.2. The van der Waals surface area contributed by atoms with Gasteiger partial charge >= 0.3 is 0 Å². The van der Waals surface area contributed by atoms with E-state index >= 15 is 0 Å². The summed E-state index contributed by atoms with van der Waals surface area (Å²) >= 11 is 0. The van der Waals surface area contributed by atoms with Crippen molar-refractivity contribution < 1.29 is 19.3 Å². The Bertz CT molecular complexity index is 1360. The number of ether oxygens (including phenoxy) is 3. The predicted octanol–water partition coefficient (Wildman–Crippen LogP) is 3.31. The molecule has 2 aromatic heterocycles. The largest absolute Gasteiger partial charge is 0.433 e. The van der Waals surface area contributed by atoms with Crippen LogP contribution in [0.2, 0.25) is 0 Å². The maximum absolute atomic E-state index is 11.3. The van der Waals surface area contributed by atoms with Crippen molar-refractivity contribution in [2.75, 3.05) is 52.3 Å². The number of nitrogens with zero attached hydrogens (tertiary/aromatic N) is 5. The molecule has 0 aliphatic carbocycles. The van der Waals surface area contributed by atoms with Crippen molar-refractivity contribution in [3.05, 3.63) is 53.5 Å². The summed E-state index contributed by atoms with van der Waals surface area (Å²) in [5.41, 5.74) is 10.7. The molecule has 38 heavy (non-hydrogen) atoms. The Kier molecular flexibility index (Phi) is 6.65. The Morgan fingerprint density at radius 3 is 2.68 bits per heavy atom. The van der Waals surface area contributed by atoms with Crippen LogP contribution in [0.1, 0.15) is 42.0 Å². The lowest BCUT2D eigenvalue weighted by molar-refractivity contribution is -0.184. The third-order valence-corrected chi connectivity index (χ3v) is 7.72. The van der Waals surface area contributed by atoms with E-state index in [1.807, 2.05) is 16.9 Å². The van der Waals surface area contributed by atoms with E-state index in [-0.39, 0.29) is 24.9 Å². The summed E-state index contributed by atoms with van der Waals surface area (Å²) < 4.78 is 18.9. The fraction of sp³-hybridized carbons (Fsp3) is 0.464. The molecule has 0 radical (unpaired) electrons. The van der Waals surface area contributed by atoms with Crippen LogP contribution in [0.25, 0.3) is 16.8 Å². The predicted molar refractivity (Wildman–Crippen MR) is 143 cm³/mol. The van der Waals surface area contributed by atoms with E-state index in [1.54, 1.807) is 12.4 Å². The van der Waals surface area contributed by atoms with Crippen LogP contribution >= 0.6 is 0 Å². The fourth-order valence-electron chi connectivity index (χ4n) is 5.47. The zero-order valence-electron chi connectivity index (χ0n) is 21.9. The highest BCUT2D eigenvalue weighted by Crippen LogP contribution is 2.40. The topological polar surface area (TPSA) is 121 Å². The number of piperidine rings is 1. The summed E-state index contributed by atoms with van der Waals surface area (Å²) in [5, 5.41) is 15.9. The van der Waals surface area contributed by atoms with Crippen LogP contribution in [0.3, 0.4) is 0 Å². The number of benzene rings is 1. The average Bonchev–Trinajstić information content (AvgIpc) is 3.37. The van der Waals surface area contributed by atoms with Crippen molar-refractivity contribution in [1.82, 2.24) is 24.6 Å². The van der Waals surface area contributed by atoms with Gasteiger partial charge in [-0.1, -0.05) is 6.08 Å². The molecule has 10 nitrogen and oxygen atoms in total. The van der Waals surface area contributed by atoms with Crippen LogP contribution in [-0.2, 0) is 15.1 Å². The minimum Gasteiger partial charge on any atom is -0.433 e. The van der Waals surface area contributed by atoms with Crippen LogP contribution in [-0.4, -0.2) is 76.3 Å². The van der Waals surface area contributed by atoms with Crippen LogP contribution in [0.4, 0.5) is 5.82 Å². The van der Waals surface area contributed by atoms with E-state index in [9.17, 15) is 5.11 Å². The molecule has 200 valence electrons. The van der Waals surface area contributed by atoms with E-state index in [1.165, 1.54) is 5.57 Å². The van der Waals surface area contributed by atoms with Crippen LogP contribution < -0.4 is 10.5 Å². The molecule has 2 saturated heterocycles. The molecular weight excluding hydrogens is 484 g/mol. The third kappa shape index (κ3) is 4.80. The Morgan fingerprint density at radius 2 is 1.97 bits per heavy atom. The van der Waals surface area contributed by atoms with Gasteiger partial charge in [0.2, 0.25) is 0 Å². The molecule has 3 aliphatic rings. The Hall–Kier alpha value is -3.31. The number of likely N-dealkylation sites (tertiary alicyclic amines) is 1. The normalized spacial score (nSPS) is 20.1. The quantitative estimate of drug-likeness (QED) is 0.506. The van der Waals surface area contributed by atoms with Crippen LogP contribution in [0.15, 0.2) is 36.8 Å². The van der Waals surface area contributed by atoms with Gasteiger partial charge in [-0.25, -0.2) is 9.97 Å². The number of hydrogen-bond acceptors (Lipinski definition) is 9. The van der Waals surface area contributed by atoms with E-state index in [4.69, 9.17) is 24.9 Å². The molecule has 0 unspecified atom stereocenters. The lowest BCUT2D eigenvalue weighted by atomic mass is 9.81. The minimum absolute atomic E-state index is 0.202. The molecule has 0 atom stereocenters. The second-order valence-electron chi connectivity index (χ2n) is 10.5. The molecular formula is C28H34N6O4. The fourth-order valence-corrected chi connectivity index (χ4v) is 5.47. The first kappa shape index (κ1) is 25.0. The van der Waals surface area contributed by atoms with Gasteiger partial charge in [-0.05, 0) is 80.7 Å². The van der Waals surface area contributed by atoms with Gasteiger partial charge in [-0.3, -0.25) is 4.68 Å². The van der Waals surface area contributed by atoms with E-state index < -0.39 is 5.60 Å². The smallest absolute Gasteiger partial charge is 0.263 e. The van der Waals surface area contributed by atoms with Gasteiger partial charge in [0.15, 0.2) is 11.6 Å². The highest BCUT2D eigenvalue weighted by Gasteiger charge is 2.41. The Morgan fingerprint density at radius 1 is 1.16 bits per heavy atom. The van der Waals surface area contributed by atoms with Gasteiger partial charge in [0.1, 0.15) is 5.60 Å². The maximum atomic E-state index is 11.3. The van der Waals surface area contributed by atoms with Gasteiger partial charge in [0.05, 0.1) is 56.8 Å². The standard InChI is InChI=1S/C28H34N6O4/c1-18-11-20(12-23(28(35)16-37-17-28)25(18)19-5-9-36-10-6-19)24-14-30-26(29)27(32-24)38-22-13-31-34(15-22)21-3-7-33(2)8-4-21/h5,11-15,21,35H,3-4,6-10,16-17H2,1-2H3,(H2,29,30). The average molecular weight is 519 g/mol. The minimum atomic E-state index is -1.04. The molecule has 1 aromatic carbocycles. The van der Waals surface area contributed by atoms with Crippen molar-refractivity contribution in [2.45, 2.75) is 37.8 Å². The number of aryl methyl sites for hydroxylation is 1. The Balaban J connectivity index is 1.31. The third-order valence-electron chi connectivity index (χ3n) is 7.72. The van der Waals surface area contributed by atoms with E-state index in [2.05, 4.69) is 41.1 Å². The van der Waals surface area contributed by atoms with Crippen molar-refractivity contribution >= 4 is 11.4 Å². The molecule has 6 rings (SSSR count). The molecule has 0 bridgehead atoms. The van der Waals surface area contributed by atoms with Gasteiger partial charge < -0.3 is 30.0 Å². The van der Waals surface area contributed by atoms with Crippen LogP contribution in [0, 0.1) is 6.92 Å². The van der Waals surface area contributed by atoms with Gasteiger partial charge in [-0.2, -0.15) is 5.10 Å². The first-order valence-electron chi connectivity index (χ1n) is 13.2. The monoisotopic (exact) mass is 518 g/mol. The van der Waals surface area contributed by atoms with Crippen molar-refractivity contribution in [2.24, 2.45) is 0 Å². The zero-order chi connectivity index (χ0) is 26.3. The van der Waals surface area contributed by atoms with E-state index in [0.29, 0.717) is 30.7 Å². The number of aromatic nitrogens is 4. The zero-order valence-corrected chi connectivity index (χ0v) is 21.9. The highest BCUT2D eigenvalue weighted by molar-refractivity contribution is 5.76. The van der Waals surface area contributed by atoms with Crippen molar-refractivity contribution in [3.8, 4) is 22.9 Å². The summed E-state index contributed by atoms with van der Waals surface area (Å²) in [6.07, 6.45) is 10.2. The molecule has 3 aliphatic heterocycles. The lowest BCUT2D eigenvalue weighted by Crippen LogP contribution is -2.47. The lowest BCUT2D eigenvalue weighted by Gasteiger charge is -2.39. The molecule has 0 saturated carbocycles. The molecule has 0 spiro atoms. The molecule has 3 aromatic rings. The van der Waals surface area contributed by atoms with Crippen molar-refractivity contribution in [1.29, 1.82) is 0 Å². The summed E-state index contributed by atoms with van der Waals surface area (Å²) in [6.45, 7) is 5.91. The molecule has 3 N–H and O–H groups in total. The summed E-state index contributed by atoms with van der Waals surface area (Å²) in [4.78, 5) is 11.4. The molecule has 10 heteroatoms. The highest BCUT2D eigenvalue weighted by atomic mass is 16.5. The van der Waals surface area contributed by atoms with Gasteiger partial charge in [0.25, 0.3) is 5.88 Å². The maximum Gasteiger partial charge on any atom is 0.263 e. The summed E-state index contributed by atoms with van der Waals surface area (Å²) in [7, 11) is 2.14. The Labute approximate surface area is 222 Å². The molecule has 5 heterocycles. The van der Waals surface area contributed by atoms with Gasteiger partial charge in [0, 0.05) is 5.56 Å². The number of nitrogen functional groups attached to an aromatic ring is 1. The number of aliphatic hydroxyl groups is 1. The van der Waals surface area contributed by atoms with E-state index in [0.717, 1.165) is 54.6 Å². The number of nitrogens with two attached hydrogens (primary N) is 1. The summed E-state index contributed by atoms with van der Waals surface area (Å²) in [5.74, 6) is 1.00. The second-order valence-corrected chi connectivity index (χ2v) is 10.5. The number of rotatable bonds is 6. The van der Waals surface area contributed by atoms with Crippen LogP contribution in [0.5, 0.6) is 11.6 Å². The number of hydrogen-bond donors (Lipinski definition) is 2. The molecule has 2 fully saturated rings. The second kappa shape index (κ2) is 10.1. The van der Waals surface area contributed by atoms with Gasteiger partial charge in [-0.15, -0.1) is 0 Å². The van der Waals surface area contributed by atoms with Crippen molar-refractivity contribution in [3.63, 3.8) is 0 Å². The number of anilines is 1. The SMILES string of the molecule is Cc1cc(-c2cnc(N)c(Oc3cnn(C4CCN(C)CC4)c3)n2)cc(C2(O)COC2)c1C1=CCOCC1. The molecule has 0 amide bonds. The first-order chi connectivity index (χ1) is 18.4. The summed E-state index contributed by atoms with van der Waals surface area (Å²) in [6, 6.07) is 4.41.